The van der Waals surface area contributed by atoms with Crippen molar-refractivity contribution in [1.29, 1.82) is 0 Å². The Labute approximate surface area is 120 Å². The fourth-order valence-corrected chi connectivity index (χ4v) is 2.66. The van der Waals surface area contributed by atoms with E-state index < -0.39 is 0 Å². The third-order valence-corrected chi connectivity index (χ3v) is 3.66. The van der Waals surface area contributed by atoms with Crippen LogP contribution in [0.5, 0.6) is 0 Å². The van der Waals surface area contributed by atoms with Gasteiger partial charge in [0.15, 0.2) is 5.96 Å². The molecule has 0 bridgehead atoms. The highest BCUT2D eigenvalue weighted by Crippen LogP contribution is 2.21. The van der Waals surface area contributed by atoms with Gasteiger partial charge < -0.3 is 19.7 Å². The Balaban J connectivity index is 1.91. The minimum atomic E-state index is -0.315. The van der Waals surface area contributed by atoms with E-state index in [-0.39, 0.29) is 18.9 Å². The predicted octanol–water partition coefficient (Wildman–Crippen LogP) is 1.19. The van der Waals surface area contributed by atoms with Crippen LogP contribution in [0.25, 0.3) is 0 Å². The summed E-state index contributed by atoms with van der Waals surface area (Å²) in [6.07, 6.45) is 3.01. The van der Waals surface area contributed by atoms with Gasteiger partial charge in [0, 0.05) is 32.8 Å². The lowest BCUT2D eigenvalue weighted by atomic mass is 10.1. The van der Waals surface area contributed by atoms with E-state index >= 15 is 0 Å². The summed E-state index contributed by atoms with van der Waals surface area (Å²) in [5.41, 5.74) is 0. The lowest BCUT2D eigenvalue weighted by molar-refractivity contribution is -0.0817. The Morgan fingerprint density at radius 2 is 2.20 bits per heavy atom. The van der Waals surface area contributed by atoms with Gasteiger partial charge in [0.1, 0.15) is 6.10 Å². The molecule has 1 N–H and O–H groups in total. The van der Waals surface area contributed by atoms with Crippen molar-refractivity contribution < 1.29 is 13.9 Å². The van der Waals surface area contributed by atoms with Crippen LogP contribution in [0.2, 0.25) is 0 Å². The van der Waals surface area contributed by atoms with Gasteiger partial charge in [-0.1, -0.05) is 0 Å². The van der Waals surface area contributed by atoms with Crippen LogP contribution < -0.4 is 5.32 Å². The SMILES string of the molecule is CCNC(=NCCCF)N1CCOC(C2CCCO2)C1. The highest BCUT2D eigenvalue weighted by atomic mass is 19.1. The molecule has 2 rings (SSSR count). The Kier molecular flexibility index (Phi) is 6.53. The molecule has 2 unspecified atom stereocenters. The highest BCUT2D eigenvalue weighted by Gasteiger charge is 2.32. The molecule has 2 saturated heterocycles. The van der Waals surface area contributed by atoms with Gasteiger partial charge in [-0.15, -0.1) is 0 Å². The number of aliphatic imine (C=N–C) groups is 1. The topological polar surface area (TPSA) is 46.1 Å². The van der Waals surface area contributed by atoms with Crippen LogP contribution in [0.4, 0.5) is 4.39 Å². The van der Waals surface area contributed by atoms with Crippen LogP contribution in [0, 0.1) is 0 Å². The van der Waals surface area contributed by atoms with Crippen molar-refractivity contribution in [2.45, 2.75) is 38.4 Å². The number of nitrogens with one attached hydrogen (secondary N) is 1. The van der Waals surface area contributed by atoms with Crippen molar-refractivity contribution in [3.8, 4) is 0 Å². The minimum Gasteiger partial charge on any atom is -0.375 e. The van der Waals surface area contributed by atoms with E-state index in [1.54, 1.807) is 0 Å². The zero-order chi connectivity index (χ0) is 14.2. The summed E-state index contributed by atoms with van der Waals surface area (Å²) in [4.78, 5) is 6.69. The smallest absolute Gasteiger partial charge is 0.194 e. The van der Waals surface area contributed by atoms with Crippen LogP contribution in [0.3, 0.4) is 0 Å². The number of hydrogen-bond acceptors (Lipinski definition) is 3. The maximum Gasteiger partial charge on any atom is 0.194 e. The number of morpholine rings is 1. The summed E-state index contributed by atoms with van der Waals surface area (Å²) in [7, 11) is 0. The lowest BCUT2D eigenvalue weighted by Gasteiger charge is -2.37. The molecule has 116 valence electrons. The third-order valence-electron chi connectivity index (χ3n) is 3.66. The summed E-state index contributed by atoms with van der Waals surface area (Å²) >= 11 is 0. The molecule has 2 fully saturated rings. The molecular formula is C14H26FN3O2. The van der Waals surface area contributed by atoms with Gasteiger partial charge in [0.05, 0.1) is 19.4 Å². The molecule has 0 aromatic heterocycles. The first-order valence-corrected chi connectivity index (χ1v) is 7.67. The molecule has 0 aromatic carbocycles. The monoisotopic (exact) mass is 287 g/mol. The van der Waals surface area contributed by atoms with Gasteiger partial charge in [0.25, 0.3) is 0 Å². The molecule has 0 amide bonds. The second kappa shape index (κ2) is 8.42. The molecule has 0 spiro atoms. The van der Waals surface area contributed by atoms with E-state index in [2.05, 4.69) is 15.2 Å². The number of hydrogen-bond donors (Lipinski definition) is 1. The van der Waals surface area contributed by atoms with Crippen molar-refractivity contribution in [2.75, 3.05) is 46.1 Å². The Morgan fingerprint density at radius 3 is 2.90 bits per heavy atom. The van der Waals surface area contributed by atoms with Crippen molar-refractivity contribution in [2.24, 2.45) is 4.99 Å². The molecule has 2 aliphatic rings. The standard InChI is InChI=1S/C14H26FN3O2/c1-2-16-14(17-7-4-6-15)18-8-10-20-13(11-18)12-5-3-9-19-12/h12-13H,2-11H2,1H3,(H,16,17). The van der Waals surface area contributed by atoms with Crippen molar-refractivity contribution >= 4 is 5.96 Å². The van der Waals surface area contributed by atoms with Gasteiger partial charge in [-0.25, -0.2) is 0 Å². The summed E-state index contributed by atoms with van der Waals surface area (Å²) in [5, 5.41) is 3.28. The average molecular weight is 287 g/mol. The molecule has 2 heterocycles. The maximum absolute atomic E-state index is 12.2. The number of guanidine groups is 1. The predicted molar refractivity (Wildman–Crippen MR) is 76.9 cm³/mol. The molecule has 0 radical (unpaired) electrons. The molecule has 5 nitrogen and oxygen atoms in total. The van der Waals surface area contributed by atoms with Crippen LogP contribution in [0.15, 0.2) is 4.99 Å². The highest BCUT2D eigenvalue weighted by molar-refractivity contribution is 5.80. The van der Waals surface area contributed by atoms with Crippen LogP contribution in [0.1, 0.15) is 26.2 Å². The first-order valence-electron chi connectivity index (χ1n) is 7.67. The molecule has 20 heavy (non-hydrogen) atoms. The minimum absolute atomic E-state index is 0.122. The second-order valence-corrected chi connectivity index (χ2v) is 5.18. The quantitative estimate of drug-likeness (QED) is 0.469. The molecule has 0 aliphatic carbocycles. The molecule has 2 atom stereocenters. The molecule has 2 aliphatic heterocycles. The zero-order valence-electron chi connectivity index (χ0n) is 12.3. The first kappa shape index (κ1) is 15.5. The maximum atomic E-state index is 12.2. The first-order chi connectivity index (χ1) is 9.85. The fraction of sp³-hybridized carbons (Fsp3) is 0.929. The van der Waals surface area contributed by atoms with Gasteiger partial charge in [0.2, 0.25) is 0 Å². The molecule has 0 saturated carbocycles. The Hall–Kier alpha value is -0.880. The summed E-state index contributed by atoms with van der Waals surface area (Å²) in [6.45, 7) is 6.23. The van der Waals surface area contributed by atoms with E-state index in [0.29, 0.717) is 19.6 Å². The van der Waals surface area contributed by atoms with Crippen molar-refractivity contribution in [3.05, 3.63) is 0 Å². The largest absolute Gasteiger partial charge is 0.375 e. The van der Waals surface area contributed by atoms with Gasteiger partial charge in [-0.3, -0.25) is 9.38 Å². The van der Waals surface area contributed by atoms with Crippen molar-refractivity contribution in [1.82, 2.24) is 10.2 Å². The summed E-state index contributed by atoms with van der Waals surface area (Å²) < 4.78 is 23.8. The average Bonchev–Trinajstić information content (AvgIpc) is 3.01. The second-order valence-electron chi connectivity index (χ2n) is 5.18. The number of rotatable bonds is 5. The number of alkyl halides is 1. The lowest BCUT2D eigenvalue weighted by Crippen LogP contribution is -2.53. The van der Waals surface area contributed by atoms with Crippen LogP contribution in [-0.4, -0.2) is 69.1 Å². The normalized spacial score (nSPS) is 27.9. The number of nitrogens with zero attached hydrogens (tertiary/aromatic N) is 2. The van der Waals surface area contributed by atoms with E-state index in [4.69, 9.17) is 9.47 Å². The fourth-order valence-electron chi connectivity index (χ4n) is 2.66. The number of ether oxygens (including phenoxy) is 2. The third kappa shape index (κ3) is 4.31. The van der Waals surface area contributed by atoms with E-state index in [1.807, 2.05) is 6.92 Å². The Morgan fingerprint density at radius 1 is 1.35 bits per heavy atom. The van der Waals surface area contributed by atoms with Gasteiger partial charge >= 0.3 is 0 Å². The summed E-state index contributed by atoms with van der Waals surface area (Å²) in [6, 6.07) is 0. The van der Waals surface area contributed by atoms with Crippen molar-refractivity contribution in [3.63, 3.8) is 0 Å². The molecule has 6 heteroatoms. The molecular weight excluding hydrogens is 261 g/mol. The number of halogens is 1. The Bertz CT molecular complexity index is 309. The van der Waals surface area contributed by atoms with Crippen LogP contribution in [-0.2, 0) is 9.47 Å². The van der Waals surface area contributed by atoms with Gasteiger partial charge in [-0.2, -0.15) is 0 Å². The van der Waals surface area contributed by atoms with Crippen LogP contribution >= 0.6 is 0 Å². The van der Waals surface area contributed by atoms with Gasteiger partial charge in [-0.05, 0) is 26.2 Å². The summed E-state index contributed by atoms with van der Waals surface area (Å²) in [5.74, 6) is 0.868. The van der Waals surface area contributed by atoms with E-state index in [1.165, 1.54) is 0 Å². The van der Waals surface area contributed by atoms with E-state index in [0.717, 1.165) is 45.0 Å². The molecule has 0 aromatic rings. The van der Waals surface area contributed by atoms with E-state index in [9.17, 15) is 4.39 Å². The zero-order valence-corrected chi connectivity index (χ0v) is 12.3.